The molecular formula is C15H8Cl2N2O3S. The standard InChI is InChI=1S/C15H8Cl2N2O3S/c16-10-4-1-5-11(12(10)17)19-14(21)9(13(20)18-15(19)23)7-8-3-2-6-22-8/h1-7H,(H,18,20,23)/b9-7+. The Kier molecular flexibility index (Phi) is 4.21. The molecule has 2 amide bonds. The molecule has 0 unspecified atom stereocenters. The molecule has 0 atom stereocenters. The Balaban J connectivity index is 2.07. The van der Waals surface area contributed by atoms with Crippen LogP contribution in [0.25, 0.3) is 6.08 Å². The molecule has 1 aromatic carbocycles. The number of nitrogens with zero attached hydrogens (tertiary/aromatic N) is 1. The van der Waals surface area contributed by atoms with Crippen LogP contribution in [-0.4, -0.2) is 16.9 Å². The number of anilines is 1. The number of rotatable bonds is 2. The summed E-state index contributed by atoms with van der Waals surface area (Å²) in [6.07, 6.45) is 2.78. The van der Waals surface area contributed by atoms with Gasteiger partial charge in [0.25, 0.3) is 11.8 Å². The van der Waals surface area contributed by atoms with Gasteiger partial charge < -0.3 is 4.42 Å². The molecule has 1 N–H and O–H groups in total. The highest BCUT2D eigenvalue weighted by molar-refractivity contribution is 7.80. The molecule has 1 saturated heterocycles. The molecule has 3 rings (SSSR count). The summed E-state index contributed by atoms with van der Waals surface area (Å²) in [7, 11) is 0. The van der Waals surface area contributed by atoms with E-state index in [1.54, 1.807) is 30.3 Å². The average Bonchev–Trinajstić information content (AvgIpc) is 3.01. The molecule has 23 heavy (non-hydrogen) atoms. The summed E-state index contributed by atoms with van der Waals surface area (Å²) in [6.45, 7) is 0. The zero-order chi connectivity index (χ0) is 16.6. The Labute approximate surface area is 146 Å². The first-order valence-electron chi connectivity index (χ1n) is 6.38. The lowest BCUT2D eigenvalue weighted by Crippen LogP contribution is -2.54. The number of hydrogen-bond donors (Lipinski definition) is 1. The first-order valence-corrected chi connectivity index (χ1v) is 7.54. The Bertz CT molecular complexity index is 846. The summed E-state index contributed by atoms with van der Waals surface area (Å²) in [5.41, 5.74) is 0.170. The van der Waals surface area contributed by atoms with E-state index >= 15 is 0 Å². The van der Waals surface area contributed by atoms with E-state index in [0.717, 1.165) is 4.90 Å². The fourth-order valence-electron chi connectivity index (χ4n) is 2.06. The summed E-state index contributed by atoms with van der Waals surface area (Å²) >= 11 is 17.2. The lowest BCUT2D eigenvalue weighted by molar-refractivity contribution is -0.122. The largest absolute Gasteiger partial charge is 0.465 e. The maximum atomic E-state index is 12.7. The van der Waals surface area contributed by atoms with Gasteiger partial charge in [0.15, 0.2) is 5.11 Å². The molecule has 5 nitrogen and oxygen atoms in total. The zero-order valence-corrected chi connectivity index (χ0v) is 13.7. The van der Waals surface area contributed by atoms with Gasteiger partial charge in [0.05, 0.1) is 22.0 Å². The van der Waals surface area contributed by atoms with Gasteiger partial charge in [-0.2, -0.15) is 0 Å². The van der Waals surface area contributed by atoms with Crippen molar-refractivity contribution in [3.63, 3.8) is 0 Å². The number of furan rings is 1. The minimum atomic E-state index is -0.612. The Morgan fingerprint density at radius 3 is 2.65 bits per heavy atom. The predicted octanol–water partition coefficient (Wildman–Crippen LogP) is 3.42. The topological polar surface area (TPSA) is 62.6 Å². The summed E-state index contributed by atoms with van der Waals surface area (Å²) < 4.78 is 5.14. The van der Waals surface area contributed by atoms with Crippen molar-refractivity contribution in [1.82, 2.24) is 5.32 Å². The number of halogens is 2. The van der Waals surface area contributed by atoms with E-state index in [2.05, 4.69) is 5.32 Å². The van der Waals surface area contributed by atoms with Gasteiger partial charge in [-0.05, 0) is 42.6 Å². The van der Waals surface area contributed by atoms with Gasteiger partial charge in [0.2, 0.25) is 0 Å². The molecule has 0 spiro atoms. The quantitative estimate of drug-likeness (QED) is 0.502. The third kappa shape index (κ3) is 2.88. The maximum absolute atomic E-state index is 12.7. The van der Waals surface area contributed by atoms with Crippen molar-refractivity contribution in [2.24, 2.45) is 0 Å². The van der Waals surface area contributed by atoms with Crippen LogP contribution >= 0.6 is 35.4 Å². The number of thiocarbonyl (C=S) groups is 1. The smallest absolute Gasteiger partial charge is 0.270 e. The molecule has 2 aromatic rings. The Morgan fingerprint density at radius 2 is 1.96 bits per heavy atom. The van der Waals surface area contributed by atoms with Gasteiger partial charge in [0.1, 0.15) is 11.3 Å². The van der Waals surface area contributed by atoms with Gasteiger partial charge in [-0.15, -0.1) is 0 Å². The molecule has 0 radical (unpaired) electrons. The monoisotopic (exact) mass is 366 g/mol. The van der Waals surface area contributed by atoms with Crippen LogP contribution < -0.4 is 10.2 Å². The number of nitrogens with one attached hydrogen (secondary N) is 1. The molecule has 1 fully saturated rings. The van der Waals surface area contributed by atoms with Crippen molar-refractivity contribution >= 4 is 64.1 Å². The SMILES string of the molecule is O=C1NC(=S)N(c2cccc(Cl)c2Cl)C(=O)/C1=C/c1ccco1. The molecule has 0 aliphatic carbocycles. The Morgan fingerprint density at radius 1 is 1.17 bits per heavy atom. The number of hydrogen-bond acceptors (Lipinski definition) is 4. The number of benzene rings is 1. The van der Waals surface area contributed by atoms with Crippen molar-refractivity contribution in [2.45, 2.75) is 0 Å². The second-order valence-corrected chi connectivity index (χ2v) is 5.72. The van der Waals surface area contributed by atoms with Crippen molar-refractivity contribution in [3.8, 4) is 0 Å². The van der Waals surface area contributed by atoms with E-state index in [4.69, 9.17) is 39.8 Å². The van der Waals surface area contributed by atoms with Gasteiger partial charge in [-0.3, -0.25) is 19.8 Å². The summed E-state index contributed by atoms with van der Waals surface area (Å²) in [5, 5.41) is 2.82. The van der Waals surface area contributed by atoms with E-state index in [1.165, 1.54) is 12.3 Å². The second kappa shape index (κ2) is 6.16. The third-order valence-corrected chi connectivity index (χ3v) is 4.20. The minimum absolute atomic E-state index is 0.0687. The van der Waals surface area contributed by atoms with Crippen LogP contribution in [0, 0.1) is 0 Å². The average molecular weight is 367 g/mol. The van der Waals surface area contributed by atoms with E-state index in [9.17, 15) is 9.59 Å². The van der Waals surface area contributed by atoms with Crippen LogP contribution in [0.5, 0.6) is 0 Å². The van der Waals surface area contributed by atoms with Crippen molar-refractivity contribution in [3.05, 3.63) is 58.0 Å². The first-order chi connectivity index (χ1) is 11.0. The van der Waals surface area contributed by atoms with Gasteiger partial charge in [-0.1, -0.05) is 29.3 Å². The maximum Gasteiger partial charge on any atom is 0.270 e. The van der Waals surface area contributed by atoms with Crippen molar-refractivity contribution in [1.29, 1.82) is 0 Å². The molecule has 2 heterocycles. The van der Waals surface area contributed by atoms with Crippen molar-refractivity contribution in [2.75, 3.05) is 4.90 Å². The fraction of sp³-hybridized carbons (Fsp3) is 0. The van der Waals surface area contributed by atoms with Crippen LogP contribution in [0.4, 0.5) is 5.69 Å². The lowest BCUT2D eigenvalue weighted by atomic mass is 10.1. The van der Waals surface area contributed by atoms with E-state index in [1.807, 2.05) is 0 Å². The highest BCUT2D eigenvalue weighted by Gasteiger charge is 2.35. The predicted molar refractivity (Wildman–Crippen MR) is 91.4 cm³/mol. The fourth-order valence-corrected chi connectivity index (χ4v) is 2.71. The summed E-state index contributed by atoms with van der Waals surface area (Å²) in [5.74, 6) is -0.849. The van der Waals surface area contributed by atoms with E-state index in [0.29, 0.717) is 11.4 Å². The minimum Gasteiger partial charge on any atom is -0.465 e. The first kappa shape index (κ1) is 15.7. The highest BCUT2D eigenvalue weighted by Crippen LogP contribution is 2.34. The molecule has 1 aliphatic heterocycles. The third-order valence-electron chi connectivity index (χ3n) is 3.10. The Hall–Kier alpha value is -2.15. The number of carbonyl (C=O) groups excluding carboxylic acids is 2. The number of amides is 2. The van der Waals surface area contributed by atoms with E-state index < -0.39 is 11.8 Å². The zero-order valence-electron chi connectivity index (χ0n) is 11.4. The van der Waals surface area contributed by atoms with Gasteiger partial charge in [-0.25, -0.2) is 0 Å². The van der Waals surface area contributed by atoms with Crippen LogP contribution in [0.3, 0.4) is 0 Å². The van der Waals surface area contributed by atoms with Gasteiger partial charge >= 0.3 is 0 Å². The molecule has 1 aliphatic rings. The molecule has 8 heteroatoms. The molecule has 0 saturated carbocycles. The molecule has 0 bridgehead atoms. The molecule has 116 valence electrons. The van der Waals surface area contributed by atoms with Crippen molar-refractivity contribution < 1.29 is 14.0 Å². The van der Waals surface area contributed by atoms with Gasteiger partial charge in [0, 0.05) is 0 Å². The highest BCUT2D eigenvalue weighted by atomic mass is 35.5. The normalized spacial score (nSPS) is 16.9. The lowest BCUT2D eigenvalue weighted by Gasteiger charge is -2.29. The summed E-state index contributed by atoms with van der Waals surface area (Å²) in [4.78, 5) is 25.9. The summed E-state index contributed by atoms with van der Waals surface area (Å²) in [6, 6.07) is 8.07. The number of carbonyl (C=O) groups is 2. The van der Waals surface area contributed by atoms with Crippen LogP contribution in [-0.2, 0) is 9.59 Å². The molecular weight excluding hydrogens is 359 g/mol. The van der Waals surface area contributed by atoms with E-state index in [-0.39, 0.29) is 20.7 Å². The van der Waals surface area contributed by atoms with Crippen LogP contribution in [0.2, 0.25) is 10.0 Å². The second-order valence-electron chi connectivity index (χ2n) is 4.55. The molecule has 1 aromatic heterocycles. The van der Waals surface area contributed by atoms with Crippen LogP contribution in [0.1, 0.15) is 5.76 Å². The van der Waals surface area contributed by atoms with Crippen LogP contribution in [0.15, 0.2) is 46.6 Å².